The molecular formula is C20H27N3O2. The van der Waals surface area contributed by atoms with Gasteiger partial charge in [-0.05, 0) is 36.6 Å². The summed E-state index contributed by atoms with van der Waals surface area (Å²) < 4.78 is 5.40. The summed E-state index contributed by atoms with van der Waals surface area (Å²) in [4.78, 5) is 22.4. The first-order valence-corrected chi connectivity index (χ1v) is 8.88. The lowest BCUT2D eigenvalue weighted by Gasteiger charge is -2.28. The van der Waals surface area contributed by atoms with E-state index in [0.717, 1.165) is 42.3 Å². The van der Waals surface area contributed by atoms with Crippen LogP contribution in [0, 0.1) is 13.8 Å². The molecule has 0 amide bonds. The lowest BCUT2D eigenvalue weighted by molar-refractivity contribution is 0.240. The predicted octanol–water partition coefficient (Wildman–Crippen LogP) is 3.08. The number of aromatic amines is 1. The average molecular weight is 341 g/mol. The Morgan fingerprint density at radius 2 is 2.04 bits per heavy atom. The predicted molar refractivity (Wildman–Crippen MR) is 99.2 cm³/mol. The number of methoxy groups -OCH3 is 1. The van der Waals surface area contributed by atoms with Crippen LogP contribution >= 0.6 is 0 Å². The highest BCUT2D eigenvalue weighted by Crippen LogP contribution is 2.26. The number of nitrogens with one attached hydrogen (secondary N) is 1. The molecule has 0 aliphatic carbocycles. The van der Waals surface area contributed by atoms with Crippen molar-refractivity contribution in [2.75, 3.05) is 13.7 Å². The molecule has 25 heavy (non-hydrogen) atoms. The topological polar surface area (TPSA) is 58.2 Å². The smallest absolute Gasteiger partial charge is 0.255 e. The molecule has 0 fully saturated rings. The molecule has 0 unspecified atom stereocenters. The van der Waals surface area contributed by atoms with Gasteiger partial charge in [0.15, 0.2) is 0 Å². The highest BCUT2D eigenvalue weighted by molar-refractivity contribution is 5.43. The number of H-pyrrole nitrogens is 1. The summed E-state index contributed by atoms with van der Waals surface area (Å²) in [6, 6.07) is 4.15. The molecule has 1 aromatic heterocycles. The van der Waals surface area contributed by atoms with Gasteiger partial charge in [-0.15, -0.1) is 0 Å². The molecule has 0 saturated heterocycles. The second-order valence-electron chi connectivity index (χ2n) is 7.17. The molecule has 1 aliphatic rings. The summed E-state index contributed by atoms with van der Waals surface area (Å²) in [6.45, 7) is 10.7. The van der Waals surface area contributed by atoms with Gasteiger partial charge < -0.3 is 9.72 Å². The van der Waals surface area contributed by atoms with Crippen LogP contribution in [-0.4, -0.2) is 28.5 Å². The second kappa shape index (κ2) is 7.00. The third-order valence-corrected chi connectivity index (χ3v) is 5.18. The van der Waals surface area contributed by atoms with E-state index in [1.807, 2.05) is 6.07 Å². The lowest BCUT2D eigenvalue weighted by Crippen LogP contribution is -2.36. The number of ether oxygens (including phenoxy) is 1. The summed E-state index contributed by atoms with van der Waals surface area (Å²) in [6.07, 6.45) is 0.827. The molecule has 2 aromatic rings. The summed E-state index contributed by atoms with van der Waals surface area (Å²) in [5.41, 5.74) is 5.52. The van der Waals surface area contributed by atoms with Crippen LogP contribution in [0.1, 0.15) is 53.5 Å². The first-order chi connectivity index (χ1) is 11.9. The van der Waals surface area contributed by atoms with E-state index in [4.69, 9.17) is 4.74 Å². The summed E-state index contributed by atoms with van der Waals surface area (Å²) in [5, 5.41) is 0. The first kappa shape index (κ1) is 17.7. The van der Waals surface area contributed by atoms with Gasteiger partial charge in [0.1, 0.15) is 11.6 Å². The molecule has 0 radical (unpaired) electrons. The van der Waals surface area contributed by atoms with Crippen molar-refractivity contribution < 1.29 is 4.74 Å². The summed E-state index contributed by atoms with van der Waals surface area (Å²) >= 11 is 0. The molecule has 1 aliphatic heterocycles. The maximum Gasteiger partial charge on any atom is 0.255 e. The highest BCUT2D eigenvalue weighted by atomic mass is 16.5. The van der Waals surface area contributed by atoms with E-state index in [9.17, 15) is 4.79 Å². The van der Waals surface area contributed by atoms with Crippen LogP contribution in [0.3, 0.4) is 0 Å². The molecule has 0 saturated carbocycles. The van der Waals surface area contributed by atoms with Crippen LogP contribution in [0.4, 0.5) is 0 Å². The van der Waals surface area contributed by atoms with E-state index in [2.05, 4.69) is 48.6 Å². The first-order valence-electron chi connectivity index (χ1n) is 8.88. The fourth-order valence-corrected chi connectivity index (χ4v) is 3.39. The number of aromatic nitrogens is 2. The third kappa shape index (κ3) is 3.47. The third-order valence-electron chi connectivity index (χ3n) is 5.18. The van der Waals surface area contributed by atoms with Gasteiger partial charge in [-0.1, -0.05) is 19.9 Å². The molecule has 2 heterocycles. The average Bonchev–Trinajstić information content (AvgIpc) is 2.59. The van der Waals surface area contributed by atoms with Crippen molar-refractivity contribution in [1.29, 1.82) is 0 Å². The maximum absolute atomic E-state index is 12.5. The van der Waals surface area contributed by atoms with Crippen molar-refractivity contribution in [3.05, 3.63) is 56.3 Å². The van der Waals surface area contributed by atoms with Crippen molar-refractivity contribution >= 4 is 0 Å². The van der Waals surface area contributed by atoms with Crippen molar-refractivity contribution in [1.82, 2.24) is 14.9 Å². The van der Waals surface area contributed by atoms with E-state index >= 15 is 0 Å². The van der Waals surface area contributed by atoms with Crippen LogP contribution in [0.2, 0.25) is 0 Å². The van der Waals surface area contributed by atoms with Crippen molar-refractivity contribution in [3.63, 3.8) is 0 Å². The van der Waals surface area contributed by atoms with Crippen LogP contribution in [-0.2, 0) is 19.5 Å². The number of fused-ring (bicyclic) bond motifs is 1. The number of rotatable bonds is 4. The number of hydrogen-bond acceptors (Lipinski definition) is 4. The van der Waals surface area contributed by atoms with Crippen LogP contribution in [0.5, 0.6) is 5.75 Å². The normalized spacial score (nSPS) is 14.6. The minimum atomic E-state index is 0.0148. The molecule has 0 atom stereocenters. The lowest BCUT2D eigenvalue weighted by atomic mass is 10.00. The Morgan fingerprint density at radius 1 is 1.28 bits per heavy atom. The van der Waals surface area contributed by atoms with E-state index in [-0.39, 0.29) is 11.5 Å². The Balaban J connectivity index is 1.82. The van der Waals surface area contributed by atoms with E-state index in [1.54, 1.807) is 7.11 Å². The summed E-state index contributed by atoms with van der Waals surface area (Å²) in [5.74, 6) is 1.95. The van der Waals surface area contributed by atoms with Gasteiger partial charge in [-0.3, -0.25) is 9.69 Å². The molecule has 134 valence electrons. The molecule has 1 N–H and O–H groups in total. The highest BCUT2D eigenvalue weighted by Gasteiger charge is 2.22. The SMILES string of the molecule is COc1ccc(CN2CCc3nc(C(C)C)[nH]c(=O)c3C2)c(C)c1C. The van der Waals surface area contributed by atoms with E-state index < -0.39 is 0 Å². The Hall–Kier alpha value is -2.14. The van der Waals surface area contributed by atoms with Gasteiger partial charge in [0.2, 0.25) is 0 Å². The van der Waals surface area contributed by atoms with Crippen LogP contribution in [0.15, 0.2) is 16.9 Å². The fourth-order valence-electron chi connectivity index (χ4n) is 3.39. The number of nitrogens with zero attached hydrogens (tertiary/aromatic N) is 2. The van der Waals surface area contributed by atoms with Gasteiger partial charge in [-0.2, -0.15) is 0 Å². The van der Waals surface area contributed by atoms with Gasteiger partial charge in [0.05, 0.1) is 18.4 Å². The molecule has 0 bridgehead atoms. The number of benzene rings is 1. The minimum Gasteiger partial charge on any atom is -0.496 e. The quantitative estimate of drug-likeness (QED) is 0.928. The van der Waals surface area contributed by atoms with Crippen molar-refractivity contribution in [3.8, 4) is 5.75 Å². The molecule has 1 aromatic carbocycles. The molecular weight excluding hydrogens is 314 g/mol. The van der Waals surface area contributed by atoms with Gasteiger partial charge in [-0.25, -0.2) is 4.98 Å². The van der Waals surface area contributed by atoms with Crippen LogP contribution in [0.25, 0.3) is 0 Å². The molecule has 3 rings (SSSR count). The molecule has 5 nitrogen and oxygen atoms in total. The van der Waals surface area contributed by atoms with Gasteiger partial charge in [0.25, 0.3) is 5.56 Å². The molecule has 5 heteroatoms. The maximum atomic E-state index is 12.5. The Kier molecular flexibility index (Phi) is 4.95. The van der Waals surface area contributed by atoms with Gasteiger partial charge in [0, 0.05) is 32.0 Å². The van der Waals surface area contributed by atoms with Crippen molar-refractivity contribution in [2.24, 2.45) is 0 Å². The zero-order valence-corrected chi connectivity index (χ0v) is 15.8. The Labute approximate surface area is 149 Å². The van der Waals surface area contributed by atoms with Gasteiger partial charge >= 0.3 is 0 Å². The van der Waals surface area contributed by atoms with E-state index in [0.29, 0.717) is 6.54 Å². The standard InChI is InChI=1S/C20H27N3O2/c1-12(2)19-21-17-8-9-23(11-16(17)20(24)22-19)10-15-6-7-18(25-5)14(4)13(15)3/h6-7,12H,8-11H2,1-5H3,(H,21,22,24). The zero-order chi connectivity index (χ0) is 18.1. The Bertz CT molecular complexity index is 840. The Morgan fingerprint density at radius 3 is 2.72 bits per heavy atom. The monoisotopic (exact) mass is 341 g/mol. The van der Waals surface area contributed by atoms with Crippen LogP contribution < -0.4 is 10.3 Å². The fraction of sp³-hybridized carbons (Fsp3) is 0.500. The zero-order valence-electron chi connectivity index (χ0n) is 15.8. The largest absolute Gasteiger partial charge is 0.496 e. The molecule has 0 spiro atoms. The van der Waals surface area contributed by atoms with E-state index in [1.165, 1.54) is 16.7 Å². The number of hydrogen-bond donors (Lipinski definition) is 1. The minimum absolute atomic E-state index is 0.0148. The second-order valence-corrected chi connectivity index (χ2v) is 7.17. The summed E-state index contributed by atoms with van der Waals surface area (Å²) in [7, 11) is 1.70. The van der Waals surface area contributed by atoms with Crippen molar-refractivity contribution in [2.45, 2.75) is 53.1 Å².